The van der Waals surface area contributed by atoms with Gasteiger partial charge in [-0.05, 0) is 24.6 Å². The quantitative estimate of drug-likeness (QED) is 0.909. The molecule has 1 fully saturated rings. The fourth-order valence-corrected chi connectivity index (χ4v) is 3.01. The van der Waals surface area contributed by atoms with Crippen LogP contribution in [0, 0.1) is 5.92 Å². The zero-order valence-electron chi connectivity index (χ0n) is 12.7. The molecule has 0 bridgehead atoms. The van der Waals surface area contributed by atoms with Crippen LogP contribution in [0.3, 0.4) is 0 Å². The van der Waals surface area contributed by atoms with Crippen LogP contribution in [0.1, 0.15) is 30.1 Å². The van der Waals surface area contributed by atoms with Crippen molar-refractivity contribution < 1.29 is 4.79 Å². The van der Waals surface area contributed by atoms with Gasteiger partial charge in [0.2, 0.25) is 5.91 Å². The Balaban J connectivity index is 1.69. The van der Waals surface area contributed by atoms with E-state index in [0.29, 0.717) is 6.54 Å². The van der Waals surface area contributed by atoms with Crippen molar-refractivity contribution in [3.8, 4) is 0 Å². The van der Waals surface area contributed by atoms with Crippen molar-refractivity contribution in [1.29, 1.82) is 0 Å². The number of rotatable bonds is 4. The number of carbonyl (C=O) groups is 1. The molecule has 1 amide bonds. The number of hydrogen-bond donors (Lipinski definition) is 2. The van der Waals surface area contributed by atoms with Crippen LogP contribution in [0.25, 0.3) is 0 Å². The monoisotopic (exact) mass is 295 g/mol. The summed E-state index contributed by atoms with van der Waals surface area (Å²) < 4.78 is 0. The first-order valence-corrected chi connectivity index (χ1v) is 7.72. The maximum absolute atomic E-state index is 12.6. The molecule has 1 aliphatic rings. The van der Waals surface area contributed by atoms with Crippen LogP contribution >= 0.6 is 0 Å². The van der Waals surface area contributed by atoms with Gasteiger partial charge in [-0.2, -0.15) is 0 Å². The van der Waals surface area contributed by atoms with Gasteiger partial charge >= 0.3 is 0 Å². The molecule has 2 aromatic rings. The van der Waals surface area contributed by atoms with Crippen molar-refractivity contribution in [2.24, 2.45) is 5.92 Å². The summed E-state index contributed by atoms with van der Waals surface area (Å²) in [7, 11) is 0. The molecule has 3 rings (SSSR count). The summed E-state index contributed by atoms with van der Waals surface area (Å²) >= 11 is 0. The highest BCUT2D eigenvalue weighted by Crippen LogP contribution is 2.27. The van der Waals surface area contributed by atoms with Gasteiger partial charge in [-0.1, -0.05) is 36.4 Å². The first-order valence-electron chi connectivity index (χ1n) is 7.72. The summed E-state index contributed by atoms with van der Waals surface area (Å²) in [6.45, 7) is 3.52. The molecule has 22 heavy (non-hydrogen) atoms. The van der Waals surface area contributed by atoms with E-state index in [1.54, 1.807) is 6.20 Å². The number of pyridine rings is 1. The molecule has 1 aliphatic heterocycles. The Morgan fingerprint density at radius 3 is 2.68 bits per heavy atom. The lowest BCUT2D eigenvalue weighted by atomic mass is 9.91. The first kappa shape index (κ1) is 14.7. The van der Waals surface area contributed by atoms with Gasteiger partial charge in [0.15, 0.2) is 0 Å². The zero-order valence-corrected chi connectivity index (χ0v) is 12.7. The van der Waals surface area contributed by atoms with E-state index in [9.17, 15) is 4.79 Å². The highest BCUT2D eigenvalue weighted by molar-refractivity contribution is 5.80. The fraction of sp³-hybridized carbons (Fsp3) is 0.333. The van der Waals surface area contributed by atoms with Crippen molar-refractivity contribution in [3.63, 3.8) is 0 Å². The van der Waals surface area contributed by atoms with E-state index >= 15 is 0 Å². The van der Waals surface area contributed by atoms with E-state index in [1.807, 2.05) is 55.5 Å². The molecule has 3 atom stereocenters. The molecule has 1 aromatic carbocycles. The summed E-state index contributed by atoms with van der Waals surface area (Å²) in [6, 6.07) is 15.9. The van der Waals surface area contributed by atoms with E-state index in [0.717, 1.165) is 17.8 Å². The number of hydrogen-bond acceptors (Lipinski definition) is 3. The Bertz CT molecular complexity index is 615. The molecular formula is C18H21N3O. The average molecular weight is 295 g/mol. The predicted octanol–water partition coefficient (Wildman–Crippen LogP) is 2.26. The lowest BCUT2D eigenvalue weighted by Crippen LogP contribution is -2.36. The summed E-state index contributed by atoms with van der Waals surface area (Å²) in [5.41, 5.74) is 2.11. The standard InChI is InChI=1S/C18H21N3O/c1-13(14-7-3-2-4-8-14)21-18(22)16-12-19-11-15(16)17-9-5-6-10-20-17/h2-10,13,15-16,19H,11-12H2,1H3,(H,21,22). The van der Waals surface area contributed by atoms with Gasteiger partial charge in [0, 0.05) is 30.9 Å². The molecule has 0 saturated carbocycles. The average Bonchev–Trinajstić information content (AvgIpc) is 3.06. The normalized spacial score (nSPS) is 22.2. The molecule has 3 unspecified atom stereocenters. The number of nitrogens with zero attached hydrogens (tertiary/aromatic N) is 1. The van der Waals surface area contributed by atoms with E-state index in [1.165, 1.54) is 0 Å². The van der Waals surface area contributed by atoms with Gasteiger partial charge < -0.3 is 10.6 Å². The number of carbonyl (C=O) groups excluding carboxylic acids is 1. The number of benzene rings is 1. The second-order valence-corrected chi connectivity index (χ2v) is 5.77. The lowest BCUT2D eigenvalue weighted by molar-refractivity contribution is -0.125. The van der Waals surface area contributed by atoms with Crippen LogP contribution in [0.15, 0.2) is 54.7 Å². The smallest absolute Gasteiger partial charge is 0.225 e. The molecule has 0 spiro atoms. The minimum atomic E-state index is -0.0685. The van der Waals surface area contributed by atoms with Crippen LogP contribution in [-0.2, 0) is 4.79 Å². The maximum Gasteiger partial charge on any atom is 0.225 e. The van der Waals surface area contributed by atoms with Crippen LogP contribution in [0.5, 0.6) is 0 Å². The Hall–Kier alpha value is -2.20. The maximum atomic E-state index is 12.6. The van der Waals surface area contributed by atoms with Crippen molar-refractivity contribution in [1.82, 2.24) is 15.6 Å². The van der Waals surface area contributed by atoms with Crippen LogP contribution in [0.2, 0.25) is 0 Å². The van der Waals surface area contributed by atoms with Crippen molar-refractivity contribution in [2.45, 2.75) is 18.9 Å². The summed E-state index contributed by atoms with van der Waals surface area (Å²) in [5.74, 6) is 0.169. The third kappa shape index (κ3) is 3.17. The van der Waals surface area contributed by atoms with E-state index < -0.39 is 0 Å². The second kappa shape index (κ2) is 6.71. The van der Waals surface area contributed by atoms with Crippen LogP contribution in [-0.4, -0.2) is 24.0 Å². The number of aromatic nitrogens is 1. The minimum Gasteiger partial charge on any atom is -0.349 e. The van der Waals surface area contributed by atoms with Gasteiger partial charge in [-0.15, -0.1) is 0 Å². The molecule has 4 heteroatoms. The topological polar surface area (TPSA) is 54.0 Å². The highest BCUT2D eigenvalue weighted by atomic mass is 16.2. The molecule has 114 valence electrons. The molecule has 2 heterocycles. The molecule has 0 aliphatic carbocycles. The van der Waals surface area contributed by atoms with Gasteiger partial charge in [-0.3, -0.25) is 9.78 Å². The Labute approximate surface area is 131 Å². The Morgan fingerprint density at radius 2 is 1.95 bits per heavy atom. The third-order valence-corrected chi connectivity index (χ3v) is 4.28. The van der Waals surface area contributed by atoms with E-state index in [4.69, 9.17) is 0 Å². The number of nitrogens with one attached hydrogen (secondary N) is 2. The van der Waals surface area contributed by atoms with Crippen LogP contribution < -0.4 is 10.6 Å². The largest absolute Gasteiger partial charge is 0.349 e. The summed E-state index contributed by atoms with van der Waals surface area (Å²) in [4.78, 5) is 17.0. The van der Waals surface area contributed by atoms with Crippen molar-refractivity contribution >= 4 is 5.91 Å². The summed E-state index contributed by atoms with van der Waals surface area (Å²) in [5, 5.41) is 6.45. The lowest BCUT2D eigenvalue weighted by Gasteiger charge is -2.21. The molecule has 2 N–H and O–H groups in total. The second-order valence-electron chi connectivity index (χ2n) is 5.77. The van der Waals surface area contributed by atoms with E-state index in [-0.39, 0.29) is 23.8 Å². The van der Waals surface area contributed by atoms with Gasteiger partial charge in [0.1, 0.15) is 0 Å². The van der Waals surface area contributed by atoms with Crippen LogP contribution in [0.4, 0.5) is 0 Å². The summed E-state index contributed by atoms with van der Waals surface area (Å²) in [6.07, 6.45) is 1.79. The highest BCUT2D eigenvalue weighted by Gasteiger charge is 2.35. The van der Waals surface area contributed by atoms with Gasteiger partial charge in [0.25, 0.3) is 0 Å². The van der Waals surface area contributed by atoms with Crippen molar-refractivity contribution in [2.75, 3.05) is 13.1 Å². The third-order valence-electron chi connectivity index (χ3n) is 4.28. The van der Waals surface area contributed by atoms with Gasteiger partial charge in [-0.25, -0.2) is 0 Å². The molecule has 1 saturated heterocycles. The first-order chi connectivity index (χ1) is 10.8. The predicted molar refractivity (Wildman–Crippen MR) is 86.3 cm³/mol. The molecular weight excluding hydrogens is 274 g/mol. The SMILES string of the molecule is CC(NC(=O)C1CNCC1c1ccccn1)c1ccccc1. The Morgan fingerprint density at radius 1 is 1.18 bits per heavy atom. The molecule has 4 nitrogen and oxygen atoms in total. The van der Waals surface area contributed by atoms with Gasteiger partial charge in [0.05, 0.1) is 12.0 Å². The molecule has 1 aromatic heterocycles. The van der Waals surface area contributed by atoms with Crippen molar-refractivity contribution in [3.05, 3.63) is 66.0 Å². The zero-order chi connectivity index (χ0) is 15.4. The molecule has 0 radical (unpaired) electrons. The van der Waals surface area contributed by atoms with E-state index in [2.05, 4.69) is 15.6 Å². The Kier molecular flexibility index (Phi) is 4.49. The number of amides is 1. The minimum absolute atomic E-state index is 0.0127. The fourth-order valence-electron chi connectivity index (χ4n) is 3.01.